The van der Waals surface area contributed by atoms with E-state index in [-0.39, 0.29) is 0 Å². The van der Waals surface area contributed by atoms with Crippen molar-refractivity contribution in [3.8, 4) is 6.07 Å². The van der Waals surface area contributed by atoms with Crippen LogP contribution in [0.5, 0.6) is 0 Å². The average Bonchev–Trinajstić information content (AvgIpc) is 3.00. The van der Waals surface area contributed by atoms with Gasteiger partial charge in [-0.2, -0.15) is 9.57 Å². The molecule has 1 saturated heterocycles. The number of nitriles is 1. The summed E-state index contributed by atoms with van der Waals surface area (Å²) in [6, 6.07) is 17.3. The fourth-order valence-electron chi connectivity index (χ4n) is 3.87. The maximum atomic E-state index is 13.1. The van der Waals surface area contributed by atoms with Gasteiger partial charge in [-0.05, 0) is 50.1 Å². The van der Waals surface area contributed by atoms with Gasteiger partial charge in [0.25, 0.3) is 5.82 Å². The van der Waals surface area contributed by atoms with Crippen LogP contribution in [-0.4, -0.2) is 38.9 Å². The number of aromatic nitrogens is 1. The quantitative estimate of drug-likeness (QED) is 0.651. The topological polar surface area (TPSA) is 78.6 Å². The lowest BCUT2D eigenvalue weighted by Gasteiger charge is -2.20. The molecule has 0 spiro atoms. The van der Waals surface area contributed by atoms with Crippen LogP contribution in [0.15, 0.2) is 53.4 Å². The normalized spacial score (nSPS) is 15.7. The Labute approximate surface area is 177 Å². The number of aryl methyl sites for hydroxylation is 2. The highest BCUT2D eigenvalue weighted by atomic mass is 32.2. The van der Waals surface area contributed by atoms with E-state index in [1.807, 2.05) is 44.2 Å². The van der Waals surface area contributed by atoms with Crippen LogP contribution >= 0.6 is 0 Å². The Morgan fingerprint density at radius 3 is 2.40 bits per heavy atom. The summed E-state index contributed by atoms with van der Waals surface area (Å²) in [4.78, 5) is 5.83. The monoisotopic (exact) mass is 421 g/mol. The summed E-state index contributed by atoms with van der Waals surface area (Å²) < 4.78 is 27.7. The van der Waals surface area contributed by atoms with Gasteiger partial charge in [0, 0.05) is 11.9 Å². The van der Waals surface area contributed by atoms with Crippen molar-refractivity contribution < 1.29 is 13.4 Å². The summed E-state index contributed by atoms with van der Waals surface area (Å²) in [6.07, 6.45) is 0.690. The van der Waals surface area contributed by atoms with Gasteiger partial charge >= 0.3 is 0 Å². The number of benzene rings is 2. The number of rotatable bonds is 3. The highest BCUT2D eigenvalue weighted by Gasteiger charge is 2.31. The Morgan fingerprint density at radius 2 is 1.67 bits per heavy atom. The van der Waals surface area contributed by atoms with E-state index in [2.05, 4.69) is 22.0 Å². The van der Waals surface area contributed by atoms with Crippen LogP contribution in [0.25, 0.3) is 10.9 Å². The number of H-pyrrole nitrogens is 1. The molecular formula is C23H25N4O2S+. The molecule has 2 heterocycles. The van der Waals surface area contributed by atoms with Crippen LogP contribution in [0.3, 0.4) is 0 Å². The van der Waals surface area contributed by atoms with E-state index in [0.29, 0.717) is 43.1 Å². The minimum Gasteiger partial charge on any atom is -0.259 e. The summed E-state index contributed by atoms with van der Waals surface area (Å²) in [5, 5.41) is 10.7. The Balaban J connectivity index is 1.61. The van der Waals surface area contributed by atoms with Gasteiger partial charge in [0.2, 0.25) is 10.0 Å². The number of hydrogen-bond acceptors (Lipinski definition) is 4. The molecule has 0 atom stereocenters. The van der Waals surface area contributed by atoms with Gasteiger partial charge in [0.05, 0.1) is 24.5 Å². The van der Waals surface area contributed by atoms with E-state index < -0.39 is 10.0 Å². The molecule has 154 valence electrons. The Morgan fingerprint density at radius 1 is 0.933 bits per heavy atom. The summed E-state index contributed by atoms with van der Waals surface area (Å²) in [5.41, 5.74) is 3.71. The molecule has 1 N–H and O–H groups in total. The van der Waals surface area contributed by atoms with Crippen molar-refractivity contribution in [2.45, 2.75) is 25.2 Å². The molecule has 7 heteroatoms. The molecule has 0 unspecified atom stereocenters. The zero-order valence-electron chi connectivity index (χ0n) is 17.2. The van der Waals surface area contributed by atoms with E-state index in [0.717, 1.165) is 27.8 Å². The first kappa shape index (κ1) is 20.3. The third-order valence-corrected chi connectivity index (χ3v) is 7.48. The number of aromatic amines is 1. The summed E-state index contributed by atoms with van der Waals surface area (Å²) in [6.45, 7) is 6.01. The van der Waals surface area contributed by atoms with Crippen molar-refractivity contribution in [1.29, 1.82) is 5.26 Å². The largest absolute Gasteiger partial charge is 0.293 e. The van der Waals surface area contributed by atoms with Gasteiger partial charge in [-0.15, -0.1) is 0 Å². The second-order valence-corrected chi connectivity index (χ2v) is 9.73. The van der Waals surface area contributed by atoms with Crippen LogP contribution in [0.2, 0.25) is 0 Å². The molecule has 1 aliphatic heterocycles. The van der Waals surface area contributed by atoms with Crippen molar-refractivity contribution in [2.24, 2.45) is 0 Å². The summed E-state index contributed by atoms with van der Waals surface area (Å²) >= 11 is 0. The molecule has 0 aliphatic carbocycles. The molecule has 0 saturated carbocycles. The first-order chi connectivity index (χ1) is 14.4. The SMILES string of the molecule is Cc1ccc(S(=O)(=O)N2CCCN(c3[nH+]c4cc(C)ccc4cc3C#N)CC2)cc1. The lowest BCUT2D eigenvalue weighted by atomic mass is 10.1. The fourth-order valence-corrected chi connectivity index (χ4v) is 5.34. The molecule has 0 bridgehead atoms. The van der Waals surface area contributed by atoms with Crippen LogP contribution in [-0.2, 0) is 10.0 Å². The smallest absolute Gasteiger partial charge is 0.259 e. The number of nitrogens with zero attached hydrogens (tertiary/aromatic N) is 3. The van der Waals surface area contributed by atoms with Crippen molar-refractivity contribution >= 4 is 26.7 Å². The third-order valence-electron chi connectivity index (χ3n) is 5.57. The van der Waals surface area contributed by atoms with Gasteiger partial charge in [-0.25, -0.2) is 13.4 Å². The Hall–Kier alpha value is -2.95. The highest BCUT2D eigenvalue weighted by Crippen LogP contribution is 2.23. The molecule has 4 rings (SSSR count). The summed E-state index contributed by atoms with van der Waals surface area (Å²) in [5.74, 6) is 0.755. The first-order valence-electron chi connectivity index (χ1n) is 10.1. The third kappa shape index (κ3) is 3.89. The molecule has 2 aromatic carbocycles. The molecule has 30 heavy (non-hydrogen) atoms. The molecule has 1 fully saturated rings. The molecule has 3 aromatic rings. The van der Waals surface area contributed by atoms with Gasteiger partial charge in [-0.1, -0.05) is 29.8 Å². The van der Waals surface area contributed by atoms with E-state index in [1.54, 1.807) is 16.4 Å². The molecule has 1 aliphatic rings. The molecule has 6 nitrogen and oxygen atoms in total. The van der Waals surface area contributed by atoms with Gasteiger partial charge < -0.3 is 0 Å². The fraction of sp³-hybridized carbons (Fsp3) is 0.304. The van der Waals surface area contributed by atoms with E-state index in [1.165, 1.54) is 0 Å². The minimum absolute atomic E-state index is 0.326. The Kier molecular flexibility index (Phi) is 5.46. The number of pyridine rings is 1. The first-order valence-corrected chi connectivity index (χ1v) is 11.5. The number of sulfonamides is 1. The zero-order chi connectivity index (χ0) is 21.3. The molecule has 1 aromatic heterocycles. The molecule has 0 radical (unpaired) electrons. The van der Waals surface area contributed by atoms with Crippen LogP contribution in [0, 0.1) is 25.2 Å². The number of anilines is 1. The molecule has 0 amide bonds. The van der Waals surface area contributed by atoms with Gasteiger partial charge in [-0.3, -0.25) is 4.90 Å². The standard InChI is InChI=1S/C23H24N4O2S/c1-17-5-8-21(9-6-17)30(28,29)27-11-3-10-26(12-13-27)23-20(16-24)15-19-7-4-18(2)14-22(19)25-23/h4-9,14-15H,3,10-13H2,1-2H3/p+1. The zero-order valence-corrected chi connectivity index (χ0v) is 18.0. The predicted molar refractivity (Wildman–Crippen MR) is 117 cm³/mol. The lowest BCUT2D eigenvalue weighted by molar-refractivity contribution is -0.330. The second kappa shape index (κ2) is 8.05. The maximum Gasteiger partial charge on any atom is 0.293 e. The lowest BCUT2D eigenvalue weighted by Crippen LogP contribution is -2.37. The minimum atomic E-state index is -3.53. The number of hydrogen-bond donors (Lipinski definition) is 0. The van der Waals surface area contributed by atoms with Crippen molar-refractivity contribution in [3.63, 3.8) is 0 Å². The maximum absolute atomic E-state index is 13.1. The van der Waals surface area contributed by atoms with E-state index in [9.17, 15) is 13.7 Å². The van der Waals surface area contributed by atoms with Crippen molar-refractivity contribution in [3.05, 3.63) is 65.2 Å². The predicted octanol–water partition coefficient (Wildman–Crippen LogP) is 3.04. The summed E-state index contributed by atoms with van der Waals surface area (Å²) in [7, 11) is -3.53. The van der Waals surface area contributed by atoms with Crippen molar-refractivity contribution in [2.75, 3.05) is 31.1 Å². The van der Waals surface area contributed by atoms with Crippen molar-refractivity contribution in [1.82, 2.24) is 4.31 Å². The average molecular weight is 422 g/mol. The van der Waals surface area contributed by atoms with Gasteiger partial charge in [0.15, 0.2) is 0 Å². The number of nitrogens with one attached hydrogen (secondary N) is 1. The molecular weight excluding hydrogens is 396 g/mol. The van der Waals surface area contributed by atoms with E-state index >= 15 is 0 Å². The van der Waals surface area contributed by atoms with E-state index in [4.69, 9.17) is 0 Å². The van der Waals surface area contributed by atoms with Crippen LogP contribution in [0.4, 0.5) is 5.82 Å². The van der Waals surface area contributed by atoms with Crippen LogP contribution in [0.1, 0.15) is 23.1 Å². The Bertz CT molecular complexity index is 1230. The number of fused-ring (bicyclic) bond motifs is 1. The van der Waals surface area contributed by atoms with Crippen LogP contribution < -0.4 is 9.88 Å². The second-order valence-electron chi connectivity index (χ2n) is 7.79. The van der Waals surface area contributed by atoms with Gasteiger partial charge in [0.1, 0.15) is 17.1 Å². The highest BCUT2D eigenvalue weighted by molar-refractivity contribution is 7.89.